The second kappa shape index (κ2) is 3.29. The van der Waals surface area contributed by atoms with Gasteiger partial charge in [-0.05, 0) is 25.3 Å². The van der Waals surface area contributed by atoms with E-state index in [-0.39, 0.29) is 6.04 Å². The van der Waals surface area contributed by atoms with Crippen molar-refractivity contribution in [3.05, 3.63) is 0 Å². The van der Waals surface area contributed by atoms with Crippen molar-refractivity contribution in [3.63, 3.8) is 0 Å². The van der Waals surface area contributed by atoms with Crippen LogP contribution in [0, 0.1) is 11.8 Å². The Labute approximate surface area is 78.7 Å². The molecule has 2 fully saturated rings. The Bertz CT molecular complexity index is 213. The van der Waals surface area contributed by atoms with Gasteiger partial charge in [-0.1, -0.05) is 19.3 Å². The molecule has 1 aliphatic heterocycles. The molecule has 1 saturated heterocycles. The second-order valence-electron chi connectivity index (χ2n) is 4.48. The maximum Gasteiger partial charge on any atom is 0.320 e. The van der Waals surface area contributed by atoms with Gasteiger partial charge in [-0.3, -0.25) is 9.69 Å². The van der Waals surface area contributed by atoms with Crippen molar-refractivity contribution < 1.29 is 9.90 Å². The van der Waals surface area contributed by atoms with E-state index in [0.29, 0.717) is 5.92 Å². The van der Waals surface area contributed by atoms with E-state index in [0.717, 1.165) is 18.9 Å². The molecule has 1 saturated carbocycles. The number of hydrogen-bond acceptors (Lipinski definition) is 2. The SMILES string of the molecule is CN1CC(C2CCC2)CC1C(=O)O. The molecule has 3 heteroatoms. The highest BCUT2D eigenvalue weighted by molar-refractivity contribution is 5.73. The average molecular weight is 183 g/mol. The molecule has 1 N–H and O–H groups in total. The van der Waals surface area contributed by atoms with Gasteiger partial charge in [-0.25, -0.2) is 0 Å². The minimum atomic E-state index is -0.649. The van der Waals surface area contributed by atoms with Gasteiger partial charge in [-0.15, -0.1) is 0 Å². The fraction of sp³-hybridized carbons (Fsp3) is 0.900. The Morgan fingerprint density at radius 3 is 2.46 bits per heavy atom. The number of carbonyl (C=O) groups is 1. The minimum absolute atomic E-state index is 0.217. The summed E-state index contributed by atoms with van der Waals surface area (Å²) < 4.78 is 0. The molecule has 1 heterocycles. The standard InChI is InChI=1S/C10H17NO2/c1-11-6-8(7-3-2-4-7)5-9(11)10(12)13/h7-9H,2-6H2,1H3,(H,12,13). The van der Waals surface area contributed by atoms with Crippen LogP contribution >= 0.6 is 0 Å². The molecule has 0 amide bonds. The van der Waals surface area contributed by atoms with Gasteiger partial charge in [0.15, 0.2) is 0 Å². The van der Waals surface area contributed by atoms with Crippen molar-refractivity contribution in [1.29, 1.82) is 0 Å². The first-order chi connectivity index (χ1) is 6.18. The zero-order valence-electron chi connectivity index (χ0n) is 8.07. The molecular formula is C10H17NO2. The number of carboxylic acids is 1. The van der Waals surface area contributed by atoms with Crippen LogP contribution in [0.2, 0.25) is 0 Å². The van der Waals surface area contributed by atoms with Gasteiger partial charge in [0, 0.05) is 6.54 Å². The van der Waals surface area contributed by atoms with Crippen molar-refractivity contribution >= 4 is 5.97 Å². The molecule has 2 aliphatic rings. The number of likely N-dealkylation sites (N-methyl/N-ethyl adjacent to an activating group) is 1. The summed E-state index contributed by atoms with van der Waals surface area (Å²) in [6, 6.07) is -0.217. The number of nitrogens with zero attached hydrogens (tertiary/aromatic N) is 1. The van der Waals surface area contributed by atoms with Crippen LogP contribution in [-0.2, 0) is 4.79 Å². The fourth-order valence-electron chi connectivity index (χ4n) is 2.58. The topological polar surface area (TPSA) is 40.5 Å². The first kappa shape index (κ1) is 9.00. The zero-order chi connectivity index (χ0) is 9.42. The molecule has 0 radical (unpaired) electrons. The maximum atomic E-state index is 10.8. The van der Waals surface area contributed by atoms with Crippen LogP contribution in [0.4, 0.5) is 0 Å². The molecule has 3 nitrogen and oxygen atoms in total. The van der Waals surface area contributed by atoms with Gasteiger partial charge in [0.25, 0.3) is 0 Å². The average Bonchev–Trinajstić information content (AvgIpc) is 2.27. The van der Waals surface area contributed by atoms with E-state index in [9.17, 15) is 4.79 Å². The molecule has 2 atom stereocenters. The summed E-state index contributed by atoms with van der Waals surface area (Å²) in [5.74, 6) is 0.830. The fourth-order valence-corrected chi connectivity index (χ4v) is 2.58. The number of hydrogen-bond donors (Lipinski definition) is 1. The number of rotatable bonds is 2. The second-order valence-corrected chi connectivity index (χ2v) is 4.48. The summed E-state index contributed by atoms with van der Waals surface area (Å²) >= 11 is 0. The smallest absolute Gasteiger partial charge is 0.320 e. The van der Waals surface area contributed by atoms with E-state index < -0.39 is 5.97 Å². The summed E-state index contributed by atoms with van der Waals surface area (Å²) in [5, 5.41) is 8.93. The third-order valence-electron chi connectivity index (χ3n) is 3.68. The summed E-state index contributed by atoms with van der Waals surface area (Å²) in [6.07, 6.45) is 4.87. The number of aliphatic carboxylic acids is 1. The van der Waals surface area contributed by atoms with E-state index in [2.05, 4.69) is 0 Å². The highest BCUT2D eigenvalue weighted by Crippen LogP contribution is 2.39. The maximum absolute atomic E-state index is 10.8. The lowest BCUT2D eigenvalue weighted by atomic mass is 9.75. The van der Waals surface area contributed by atoms with Crippen LogP contribution in [0.15, 0.2) is 0 Å². The van der Waals surface area contributed by atoms with Gasteiger partial charge in [0.1, 0.15) is 6.04 Å². The van der Waals surface area contributed by atoms with E-state index >= 15 is 0 Å². The molecule has 2 rings (SSSR count). The molecule has 0 aromatic rings. The van der Waals surface area contributed by atoms with E-state index in [1.54, 1.807) is 0 Å². The molecule has 2 unspecified atom stereocenters. The molecule has 0 aromatic heterocycles. The summed E-state index contributed by atoms with van der Waals surface area (Å²) in [4.78, 5) is 12.8. The number of carboxylic acid groups (broad SMARTS) is 1. The zero-order valence-corrected chi connectivity index (χ0v) is 8.07. The van der Waals surface area contributed by atoms with Crippen molar-refractivity contribution in [2.24, 2.45) is 11.8 Å². The highest BCUT2D eigenvalue weighted by atomic mass is 16.4. The first-order valence-corrected chi connectivity index (χ1v) is 5.11. The van der Waals surface area contributed by atoms with Crippen LogP contribution in [0.3, 0.4) is 0 Å². The third kappa shape index (κ3) is 1.57. The van der Waals surface area contributed by atoms with E-state index in [1.807, 2.05) is 11.9 Å². The molecule has 0 bridgehead atoms. The predicted molar refractivity (Wildman–Crippen MR) is 49.5 cm³/mol. The highest BCUT2D eigenvalue weighted by Gasteiger charge is 2.39. The monoisotopic (exact) mass is 183 g/mol. The van der Waals surface area contributed by atoms with Crippen molar-refractivity contribution in [2.75, 3.05) is 13.6 Å². The van der Waals surface area contributed by atoms with Crippen LogP contribution in [0.25, 0.3) is 0 Å². The first-order valence-electron chi connectivity index (χ1n) is 5.11. The van der Waals surface area contributed by atoms with Gasteiger partial charge in [0.2, 0.25) is 0 Å². The van der Waals surface area contributed by atoms with Crippen LogP contribution in [0.5, 0.6) is 0 Å². The Kier molecular flexibility index (Phi) is 2.28. The Balaban J connectivity index is 1.93. The molecule has 1 aliphatic carbocycles. The van der Waals surface area contributed by atoms with Crippen molar-refractivity contribution in [3.8, 4) is 0 Å². The normalized spacial score (nSPS) is 36.1. The Morgan fingerprint density at radius 1 is 1.38 bits per heavy atom. The molecule has 0 spiro atoms. The lowest BCUT2D eigenvalue weighted by Gasteiger charge is -2.30. The van der Waals surface area contributed by atoms with Crippen molar-refractivity contribution in [2.45, 2.75) is 31.7 Å². The van der Waals surface area contributed by atoms with E-state index in [1.165, 1.54) is 19.3 Å². The third-order valence-corrected chi connectivity index (χ3v) is 3.68. The minimum Gasteiger partial charge on any atom is -0.480 e. The van der Waals surface area contributed by atoms with Crippen LogP contribution in [-0.4, -0.2) is 35.6 Å². The lowest BCUT2D eigenvalue weighted by molar-refractivity contribution is -0.141. The quantitative estimate of drug-likeness (QED) is 0.699. The van der Waals surface area contributed by atoms with Gasteiger partial charge < -0.3 is 5.11 Å². The number of likely N-dealkylation sites (tertiary alicyclic amines) is 1. The van der Waals surface area contributed by atoms with Crippen LogP contribution < -0.4 is 0 Å². The summed E-state index contributed by atoms with van der Waals surface area (Å²) in [6.45, 7) is 0.988. The molecular weight excluding hydrogens is 166 g/mol. The largest absolute Gasteiger partial charge is 0.480 e. The lowest BCUT2D eigenvalue weighted by Crippen LogP contribution is -2.32. The molecule has 74 valence electrons. The predicted octanol–water partition coefficient (Wildman–Crippen LogP) is 1.19. The van der Waals surface area contributed by atoms with Gasteiger partial charge >= 0.3 is 5.97 Å². The molecule has 13 heavy (non-hydrogen) atoms. The van der Waals surface area contributed by atoms with Gasteiger partial charge in [-0.2, -0.15) is 0 Å². The summed E-state index contributed by atoms with van der Waals surface area (Å²) in [5.41, 5.74) is 0. The Morgan fingerprint density at radius 2 is 2.08 bits per heavy atom. The van der Waals surface area contributed by atoms with Gasteiger partial charge in [0.05, 0.1) is 0 Å². The van der Waals surface area contributed by atoms with E-state index in [4.69, 9.17) is 5.11 Å². The molecule has 0 aromatic carbocycles. The Hall–Kier alpha value is -0.570. The van der Waals surface area contributed by atoms with Crippen LogP contribution in [0.1, 0.15) is 25.7 Å². The summed E-state index contributed by atoms with van der Waals surface area (Å²) in [7, 11) is 1.93. The van der Waals surface area contributed by atoms with Crippen molar-refractivity contribution in [1.82, 2.24) is 4.90 Å².